The van der Waals surface area contributed by atoms with Gasteiger partial charge in [0.1, 0.15) is 12.7 Å². The van der Waals surface area contributed by atoms with E-state index in [1.54, 1.807) is 0 Å². The maximum Gasteiger partial charge on any atom is 0.310 e. The summed E-state index contributed by atoms with van der Waals surface area (Å²) in [5.74, 6) is -0.468. The van der Waals surface area contributed by atoms with Crippen LogP contribution in [-0.4, -0.2) is 50.1 Å². The van der Waals surface area contributed by atoms with Crippen molar-refractivity contribution in [3.8, 4) is 0 Å². The molecular weight excluding hydrogens is 288 g/mol. The van der Waals surface area contributed by atoms with E-state index in [4.69, 9.17) is 18.9 Å². The van der Waals surface area contributed by atoms with Gasteiger partial charge in [0.25, 0.3) is 0 Å². The van der Waals surface area contributed by atoms with Gasteiger partial charge in [-0.25, -0.2) is 0 Å². The Labute approximate surface area is 128 Å². The third kappa shape index (κ3) is 2.15. The molecule has 0 radical (unpaired) electrons. The maximum atomic E-state index is 12.5. The molecule has 0 spiro atoms. The Bertz CT molecular complexity index is 467. The molecule has 5 rings (SSSR count). The molecule has 0 aromatic carbocycles. The Balaban J connectivity index is 1.28. The van der Waals surface area contributed by atoms with E-state index in [0.29, 0.717) is 25.7 Å². The summed E-state index contributed by atoms with van der Waals surface area (Å²) < 4.78 is 21.5. The van der Waals surface area contributed by atoms with Gasteiger partial charge in [0.2, 0.25) is 0 Å². The van der Waals surface area contributed by atoms with Gasteiger partial charge in [-0.2, -0.15) is 0 Å². The van der Waals surface area contributed by atoms with Crippen molar-refractivity contribution in [1.82, 2.24) is 0 Å². The fourth-order valence-electron chi connectivity index (χ4n) is 4.30. The molecule has 6 nitrogen and oxygen atoms in total. The van der Waals surface area contributed by atoms with Crippen molar-refractivity contribution in [1.29, 1.82) is 0 Å². The highest BCUT2D eigenvalue weighted by Crippen LogP contribution is 2.62. The summed E-state index contributed by atoms with van der Waals surface area (Å²) >= 11 is 0. The monoisotopic (exact) mass is 308 g/mol. The van der Waals surface area contributed by atoms with Gasteiger partial charge < -0.3 is 18.9 Å². The minimum Gasteiger partial charge on any atom is -0.465 e. The molecule has 3 saturated carbocycles. The first-order chi connectivity index (χ1) is 10.7. The number of carbonyl (C=O) groups excluding carboxylic acids is 2. The molecule has 120 valence electrons. The van der Waals surface area contributed by atoms with Gasteiger partial charge in [0, 0.05) is 11.8 Å². The van der Waals surface area contributed by atoms with Gasteiger partial charge in [0.15, 0.2) is 0 Å². The highest BCUT2D eigenvalue weighted by molar-refractivity contribution is 5.84. The van der Waals surface area contributed by atoms with E-state index in [1.807, 2.05) is 0 Å². The van der Waals surface area contributed by atoms with Crippen LogP contribution in [0.2, 0.25) is 0 Å². The summed E-state index contributed by atoms with van der Waals surface area (Å²) in [6.07, 6.45) is 3.55. The minimum atomic E-state index is -0.390. The van der Waals surface area contributed by atoms with Crippen LogP contribution in [0.25, 0.3) is 0 Å². The second-order valence-electron chi connectivity index (χ2n) is 7.34. The lowest BCUT2D eigenvalue weighted by molar-refractivity contribution is -0.163. The Morgan fingerprint density at radius 2 is 1.55 bits per heavy atom. The Morgan fingerprint density at radius 3 is 2.09 bits per heavy atom. The summed E-state index contributed by atoms with van der Waals surface area (Å²) in [6, 6.07) is 0. The molecular formula is C16H20O6. The van der Waals surface area contributed by atoms with Gasteiger partial charge in [0.05, 0.1) is 37.3 Å². The third-order valence-corrected chi connectivity index (χ3v) is 5.78. The van der Waals surface area contributed by atoms with Crippen LogP contribution in [-0.2, 0) is 28.5 Å². The van der Waals surface area contributed by atoms with E-state index in [1.165, 1.54) is 0 Å². The quantitative estimate of drug-likeness (QED) is 0.526. The van der Waals surface area contributed by atoms with E-state index >= 15 is 0 Å². The number of carbonyl (C=O) groups is 2. The number of rotatable bonds is 6. The highest BCUT2D eigenvalue weighted by Gasteiger charge is 2.71. The van der Waals surface area contributed by atoms with Crippen LogP contribution in [0, 0.1) is 29.6 Å². The summed E-state index contributed by atoms with van der Waals surface area (Å²) in [6.45, 7) is 1.45. The van der Waals surface area contributed by atoms with Crippen molar-refractivity contribution in [2.24, 2.45) is 29.6 Å². The number of ether oxygens (including phenoxy) is 4. The lowest BCUT2D eigenvalue weighted by Crippen LogP contribution is -2.40. The van der Waals surface area contributed by atoms with Crippen LogP contribution >= 0.6 is 0 Å². The second kappa shape index (κ2) is 4.68. The molecule has 2 bridgehead atoms. The highest BCUT2D eigenvalue weighted by atomic mass is 16.6. The first-order valence-electron chi connectivity index (χ1n) is 8.32. The summed E-state index contributed by atoms with van der Waals surface area (Å²) in [5, 5.41) is 0. The van der Waals surface area contributed by atoms with E-state index in [-0.39, 0.29) is 53.9 Å². The zero-order valence-corrected chi connectivity index (χ0v) is 12.3. The average Bonchev–Trinajstić information content (AvgIpc) is 3.40. The topological polar surface area (TPSA) is 77.7 Å². The molecule has 0 N–H and O–H groups in total. The van der Waals surface area contributed by atoms with Gasteiger partial charge >= 0.3 is 11.9 Å². The molecule has 2 aliphatic heterocycles. The summed E-state index contributed by atoms with van der Waals surface area (Å²) in [5.41, 5.74) is 0. The summed E-state index contributed by atoms with van der Waals surface area (Å²) in [4.78, 5) is 24.9. The lowest BCUT2D eigenvalue weighted by Gasteiger charge is -2.25. The molecule has 0 aromatic rings. The fourth-order valence-corrected chi connectivity index (χ4v) is 4.30. The lowest BCUT2D eigenvalue weighted by atomic mass is 9.79. The Kier molecular flexibility index (Phi) is 2.83. The van der Waals surface area contributed by atoms with Crippen LogP contribution < -0.4 is 0 Å². The molecule has 2 saturated heterocycles. The number of hydrogen-bond acceptors (Lipinski definition) is 6. The van der Waals surface area contributed by atoms with Crippen molar-refractivity contribution in [2.75, 3.05) is 19.8 Å². The SMILES string of the molecule is O=C(OCC1CC1)C1C2CC(C3OC23)C1C(=O)OCC1CO1. The van der Waals surface area contributed by atoms with Gasteiger partial charge in [-0.05, 0) is 25.2 Å². The number of epoxide rings is 2. The Hall–Kier alpha value is -1.14. The van der Waals surface area contributed by atoms with Crippen LogP contribution in [0.4, 0.5) is 0 Å². The molecule has 22 heavy (non-hydrogen) atoms. The largest absolute Gasteiger partial charge is 0.465 e. The van der Waals surface area contributed by atoms with E-state index in [2.05, 4.69) is 0 Å². The van der Waals surface area contributed by atoms with Crippen molar-refractivity contribution in [3.05, 3.63) is 0 Å². The van der Waals surface area contributed by atoms with Crippen molar-refractivity contribution >= 4 is 11.9 Å². The van der Waals surface area contributed by atoms with Crippen LogP contribution in [0.1, 0.15) is 19.3 Å². The van der Waals surface area contributed by atoms with E-state index in [9.17, 15) is 9.59 Å². The first-order valence-corrected chi connectivity index (χ1v) is 8.32. The molecule has 5 fully saturated rings. The maximum absolute atomic E-state index is 12.5. The first kappa shape index (κ1) is 13.3. The molecule has 3 aliphatic carbocycles. The Morgan fingerprint density at radius 1 is 0.955 bits per heavy atom. The average molecular weight is 308 g/mol. The van der Waals surface area contributed by atoms with Crippen LogP contribution in [0.5, 0.6) is 0 Å². The fraction of sp³-hybridized carbons (Fsp3) is 0.875. The molecule has 5 aliphatic rings. The molecule has 0 amide bonds. The molecule has 0 aromatic heterocycles. The normalized spacial score (nSPS) is 47.0. The predicted molar refractivity (Wildman–Crippen MR) is 71.6 cm³/mol. The van der Waals surface area contributed by atoms with Crippen LogP contribution in [0.15, 0.2) is 0 Å². The molecule has 6 heteroatoms. The minimum absolute atomic E-state index is 0.0488. The number of esters is 2. The number of hydrogen-bond donors (Lipinski definition) is 0. The molecule has 7 atom stereocenters. The second-order valence-corrected chi connectivity index (χ2v) is 7.34. The molecule has 2 heterocycles. The van der Waals surface area contributed by atoms with Gasteiger partial charge in [-0.15, -0.1) is 0 Å². The van der Waals surface area contributed by atoms with Crippen LogP contribution in [0.3, 0.4) is 0 Å². The predicted octanol–water partition coefficient (Wildman–Crippen LogP) is 0.531. The van der Waals surface area contributed by atoms with E-state index < -0.39 is 0 Å². The van der Waals surface area contributed by atoms with E-state index in [0.717, 1.165) is 19.3 Å². The van der Waals surface area contributed by atoms with Crippen molar-refractivity contribution < 1.29 is 28.5 Å². The standard InChI is InChI=1S/C16H20O6/c17-15(20-4-7-1-2-7)11-9-3-10(14-13(9)22-14)12(11)16(18)21-6-8-5-19-8/h7-14H,1-6H2. The van der Waals surface area contributed by atoms with Gasteiger partial charge in [-0.1, -0.05) is 0 Å². The molecule has 7 unspecified atom stereocenters. The summed E-state index contributed by atoms with van der Waals surface area (Å²) in [7, 11) is 0. The zero-order chi connectivity index (χ0) is 14.8. The smallest absolute Gasteiger partial charge is 0.310 e. The van der Waals surface area contributed by atoms with Gasteiger partial charge in [-0.3, -0.25) is 9.59 Å². The number of fused-ring (bicyclic) bond motifs is 5. The third-order valence-electron chi connectivity index (χ3n) is 5.78. The van der Waals surface area contributed by atoms with Crippen molar-refractivity contribution in [2.45, 2.75) is 37.6 Å². The zero-order valence-electron chi connectivity index (χ0n) is 12.3. The van der Waals surface area contributed by atoms with Crippen molar-refractivity contribution in [3.63, 3.8) is 0 Å².